The molecule has 1 aliphatic heterocycles. The van der Waals surface area contributed by atoms with Gasteiger partial charge in [0.1, 0.15) is 12.4 Å². The van der Waals surface area contributed by atoms with E-state index in [2.05, 4.69) is 72.8 Å². The Kier molecular flexibility index (Phi) is 2.70. The minimum atomic E-state index is 0.661. The lowest BCUT2D eigenvalue weighted by atomic mass is 9.91. The first-order valence-corrected chi connectivity index (χ1v) is 10.00. The summed E-state index contributed by atoms with van der Waals surface area (Å²) in [6, 6.07) is 22.5. The van der Waals surface area contributed by atoms with Crippen molar-refractivity contribution in [1.29, 1.82) is 0 Å². The van der Waals surface area contributed by atoms with Crippen LogP contribution in [0.3, 0.4) is 0 Å². The second-order valence-corrected chi connectivity index (χ2v) is 8.03. The monoisotopic (exact) mass is 358 g/mol. The molecule has 4 aromatic rings. The van der Waals surface area contributed by atoms with Gasteiger partial charge < -0.3 is 4.74 Å². The van der Waals surface area contributed by atoms with Crippen LogP contribution in [-0.2, 0) is 12.8 Å². The first-order chi connectivity index (χ1) is 13.9. The zero-order valence-corrected chi connectivity index (χ0v) is 15.5. The van der Waals surface area contributed by atoms with Crippen molar-refractivity contribution in [3.63, 3.8) is 0 Å². The summed E-state index contributed by atoms with van der Waals surface area (Å²) in [4.78, 5) is 0. The van der Waals surface area contributed by atoms with Gasteiger partial charge in [-0.25, -0.2) is 0 Å². The summed E-state index contributed by atoms with van der Waals surface area (Å²) in [5.41, 5.74) is 12.7. The second kappa shape index (κ2) is 5.14. The Balaban J connectivity index is 1.57. The summed E-state index contributed by atoms with van der Waals surface area (Å²) in [6.45, 7) is 0.661. The number of benzene rings is 4. The molecule has 4 aromatic carbocycles. The van der Waals surface area contributed by atoms with Gasteiger partial charge in [0, 0.05) is 10.9 Å². The smallest absolute Gasteiger partial charge is 0.135 e. The molecule has 7 rings (SSSR count). The quantitative estimate of drug-likeness (QED) is 0.306. The summed E-state index contributed by atoms with van der Waals surface area (Å²) in [7, 11) is 0. The minimum Gasteiger partial charge on any atom is -0.488 e. The lowest BCUT2D eigenvalue weighted by Crippen LogP contribution is -2.04. The standard InChI is InChI=1S/C27H18O/c1-2-7-19-16(6-1)12-17-13-18-14-25-22-10-5-11-28-27(22)21-9-4-3-8-20(21)26(25)24(18)15-23(17)19/h1-10,13,15H,11-12,14H2. The van der Waals surface area contributed by atoms with E-state index >= 15 is 0 Å². The lowest BCUT2D eigenvalue weighted by molar-refractivity contribution is 0.362. The molecule has 0 atom stereocenters. The molecule has 0 aromatic heterocycles. The van der Waals surface area contributed by atoms with Crippen LogP contribution in [0.25, 0.3) is 39.1 Å². The molecule has 1 heteroatoms. The molecule has 1 heterocycles. The number of hydrogen-bond donors (Lipinski definition) is 0. The average Bonchev–Trinajstić information content (AvgIpc) is 3.30. The summed E-state index contributed by atoms with van der Waals surface area (Å²) in [5.74, 6) is 1.06. The third kappa shape index (κ3) is 1.77. The van der Waals surface area contributed by atoms with E-state index in [9.17, 15) is 0 Å². The third-order valence-corrected chi connectivity index (χ3v) is 6.58. The van der Waals surface area contributed by atoms with Crippen molar-refractivity contribution in [2.75, 3.05) is 6.61 Å². The van der Waals surface area contributed by atoms with E-state index in [1.807, 2.05) is 0 Å². The van der Waals surface area contributed by atoms with Crippen LogP contribution in [0, 0.1) is 0 Å². The zero-order valence-electron chi connectivity index (χ0n) is 15.5. The van der Waals surface area contributed by atoms with Crippen molar-refractivity contribution in [2.45, 2.75) is 12.8 Å². The predicted molar refractivity (Wildman–Crippen MR) is 115 cm³/mol. The highest BCUT2D eigenvalue weighted by molar-refractivity contribution is 6.07. The van der Waals surface area contributed by atoms with Crippen LogP contribution < -0.4 is 4.74 Å². The molecule has 0 fully saturated rings. The third-order valence-electron chi connectivity index (χ3n) is 6.58. The lowest BCUT2D eigenvalue weighted by Gasteiger charge is -2.20. The van der Waals surface area contributed by atoms with E-state index in [-0.39, 0.29) is 0 Å². The van der Waals surface area contributed by atoms with Gasteiger partial charge in [-0.15, -0.1) is 0 Å². The van der Waals surface area contributed by atoms with Crippen molar-refractivity contribution in [1.82, 2.24) is 0 Å². The second-order valence-electron chi connectivity index (χ2n) is 8.03. The van der Waals surface area contributed by atoms with E-state index in [1.54, 1.807) is 0 Å². The first-order valence-electron chi connectivity index (χ1n) is 10.00. The van der Waals surface area contributed by atoms with Crippen molar-refractivity contribution in [3.05, 3.63) is 94.6 Å². The van der Waals surface area contributed by atoms with E-state index in [4.69, 9.17) is 4.74 Å². The highest BCUT2D eigenvalue weighted by atomic mass is 16.5. The predicted octanol–water partition coefficient (Wildman–Crippen LogP) is 6.39. The largest absolute Gasteiger partial charge is 0.488 e. The van der Waals surface area contributed by atoms with Crippen LogP contribution in [-0.4, -0.2) is 6.61 Å². The molecule has 0 saturated heterocycles. The molecule has 0 spiro atoms. The van der Waals surface area contributed by atoms with Crippen LogP contribution in [0.5, 0.6) is 5.75 Å². The van der Waals surface area contributed by atoms with E-state index < -0.39 is 0 Å². The van der Waals surface area contributed by atoms with Crippen molar-refractivity contribution >= 4 is 16.8 Å². The Hall–Kier alpha value is -3.32. The van der Waals surface area contributed by atoms with Crippen molar-refractivity contribution in [2.24, 2.45) is 0 Å². The van der Waals surface area contributed by atoms with E-state index in [1.165, 1.54) is 60.8 Å². The Morgan fingerprint density at radius 3 is 2.46 bits per heavy atom. The van der Waals surface area contributed by atoms with Gasteiger partial charge in [0.25, 0.3) is 0 Å². The first kappa shape index (κ1) is 14.7. The normalized spacial score (nSPS) is 14.9. The molecule has 0 amide bonds. The van der Waals surface area contributed by atoms with Gasteiger partial charge in [0.15, 0.2) is 0 Å². The topological polar surface area (TPSA) is 9.23 Å². The van der Waals surface area contributed by atoms with Gasteiger partial charge in [0.2, 0.25) is 0 Å². The molecule has 28 heavy (non-hydrogen) atoms. The fourth-order valence-corrected chi connectivity index (χ4v) is 5.40. The fraction of sp³-hybridized carbons (Fsp3) is 0.111. The zero-order chi connectivity index (χ0) is 18.2. The number of fused-ring (bicyclic) bond motifs is 11. The van der Waals surface area contributed by atoms with Gasteiger partial charge in [-0.1, -0.05) is 60.7 Å². The molecule has 0 N–H and O–H groups in total. The van der Waals surface area contributed by atoms with Crippen LogP contribution in [0.15, 0.2) is 66.7 Å². The van der Waals surface area contributed by atoms with Gasteiger partial charge in [-0.2, -0.15) is 0 Å². The van der Waals surface area contributed by atoms with E-state index in [0.29, 0.717) is 6.61 Å². The van der Waals surface area contributed by atoms with Crippen molar-refractivity contribution in [3.8, 4) is 28.0 Å². The molecular weight excluding hydrogens is 340 g/mol. The summed E-state index contributed by atoms with van der Waals surface area (Å²) >= 11 is 0. The van der Waals surface area contributed by atoms with Gasteiger partial charge in [-0.3, -0.25) is 0 Å². The Labute approximate surface area is 163 Å². The maximum atomic E-state index is 6.10. The maximum absolute atomic E-state index is 6.10. The van der Waals surface area contributed by atoms with E-state index in [0.717, 1.165) is 18.6 Å². The molecule has 0 radical (unpaired) electrons. The van der Waals surface area contributed by atoms with Crippen molar-refractivity contribution < 1.29 is 4.74 Å². The van der Waals surface area contributed by atoms with Gasteiger partial charge in [0.05, 0.1) is 0 Å². The number of hydrogen-bond acceptors (Lipinski definition) is 1. The Bertz CT molecular complexity index is 1360. The SMILES string of the molecule is C1=Cc2c3c(c4ccccc4c2OC1)-c1cc2c(cc1C3)Cc1ccccc1-2. The van der Waals surface area contributed by atoms with Gasteiger partial charge in [-0.05, 0) is 74.9 Å². The minimum absolute atomic E-state index is 0.661. The summed E-state index contributed by atoms with van der Waals surface area (Å²) in [5, 5.41) is 2.55. The van der Waals surface area contributed by atoms with Crippen LogP contribution >= 0.6 is 0 Å². The highest BCUT2D eigenvalue weighted by Crippen LogP contribution is 2.51. The molecule has 1 nitrogen and oxygen atoms in total. The number of ether oxygens (including phenoxy) is 1. The van der Waals surface area contributed by atoms with Gasteiger partial charge >= 0.3 is 0 Å². The average molecular weight is 358 g/mol. The molecule has 0 bridgehead atoms. The summed E-state index contributed by atoms with van der Waals surface area (Å²) in [6.07, 6.45) is 6.45. The maximum Gasteiger partial charge on any atom is 0.135 e. The molecule has 132 valence electrons. The van der Waals surface area contributed by atoms with Crippen LogP contribution in [0.2, 0.25) is 0 Å². The Morgan fingerprint density at radius 1 is 0.679 bits per heavy atom. The number of rotatable bonds is 0. The molecular formula is C27H18O. The fourth-order valence-electron chi connectivity index (χ4n) is 5.40. The molecule has 0 unspecified atom stereocenters. The molecule has 0 saturated carbocycles. The Morgan fingerprint density at radius 2 is 1.50 bits per heavy atom. The van der Waals surface area contributed by atoms with Crippen LogP contribution in [0.4, 0.5) is 0 Å². The summed E-state index contributed by atoms with van der Waals surface area (Å²) < 4.78 is 6.10. The molecule has 3 aliphatic rings. The molecule has 2 aliphatic carbocycles. The van der Waals surface area contributed by atoms with Crippen LogP contribution in [0.1, 0.15) is 27.8 Å². The highest BCUT2D eigenvalue weighted by Gasteiger charge is 2.30.